The number of hydrogen-bond donors (Lipinski definition) is 2. The van der Waals surface area contributed by atoms with E-state index in [2.05, 4.69) is 15.6 Å². The minimum absolute atomic E-state index is 0.143. The van der Waals surface area contributed by atoms with E-state index in [0.717, 1.165) is 6.42 Å². The van der Waals surface area contributed by atoms with Gasteiger partial charge in [-0.25, -0.2) is 14.3 Å². The lowest BCUT2D eigenvalue weighted by Crippen LogP contribution is -2.48. The second-order valence-electron chi connectivity index (χ2n) is 6.20. The number of carboxylic acids is 1. The fraction of sp³-hybridized carbons (Fsp3) is 0.692. The van der Waals surface area contributed by atoms with Crippen LogP contribution in [0.25, 0.3) is 0 Å². The second kappa shape index (κ2) is 5.34. The lowest BCUT2D eigenvalue weighted by atomic mass is 9.77. The van der Waals surface area contributed by atoms with Crippen LogP contribution >= 0.6 is 0 Å². The van der Waals surface area contributed by atoms with Crippen LogP contribution in [0.5, 0.6) is 0 Å². The first-order valence-corrected chi connectivity index (χ1v) is 6.85. The molecule has 2 rings (SSSR count). The third-order valence-corrected chi connectivity index (χ3v) is 3.37. The first-order valence-electron chi connectivity index (χ1n) is 6.85. The van der Waals surface area contributed by atoms with Crippen LogP contribution in [0.4, 0.5) is 4.79 Å². The van der Waals surface area contributed by atoms with Gasteiger partial charge in [0.15, 0.2) is 5.54 Å². The van der Waals surface area contributed by atoms with E-state index in [1.54, 1.807) is 27.0 Å². The number of carbonyl (C=O) groups is 2. The molecular formula is C13H20N4O4. The summed E-state index contributed by atoms with van der Waals surface area (Å²) in [6.07, 6.45) is 2.96. The fourth-order valence-corrected chi connectivity index (χ4v) is 2.12. The Morgan fingerprint density at radius 1 is 1.48 bits per heavy atom. The maximum atomic E-state index is 11.5. The van der Waals surface area contributed by atoms with Crippen molar-refractivity contribution in [3.05, 3.63) is 11.9 Å². The summed E-state index contributed by atoms with van der Waals surface area (Å²) >= 11 is 0. The molecule has 0 bridgehead atoms. The first kappa shape index (κ1) is 15.3. The van der Waals surface area contributed by atoms with Crippen LogP contribution in [-0.4, -0.2) is 37.8 Å². The van der Waals surface area contributed by atoms with Gasteiger partial charge in [0.1, 0.15) is 11.3 Å². The van der Waals surface area contributed by atoms with Gasteiger partial charge in [0.05, 0.1) is 12.7 Å². The van der Waals surface area contributed by atoms with Gasteiger partial charge >= 0.3 is 12.1 Å². The van der Waals surface area contributed by atoms with Crippen molar-refractivity contribution >= 4 is 12.1 Å². The van der Waals surface area contributed by atoms with E-state index in [0.29, 0.717) is 18.5 Å². The number of aromatic nitrogens is 3. The van der Waals surface area contributed by atoms with Gasteiger partial charge < -0.3 is 15.2 Å². The summed E-state index contributed by atoms with van der Waals surface area (Å²) in [7, 11) is 0. The van der Waals surface area contributed by atoms with Crippen LogP contribution in [0, 0.1) is 0 Å². The van der Waals surface area contributed by atoms with Gasteiger partial charge in [0, 0.05) is 0 Å². The Balaban J connectivity index is 1.95. The molecule has 1 aromatic heterocycles. The average Bonchev–Trinajstić information content (AvgIpc) is 2.71. The Kier molecular flexibility index (Phi) is 3.89. The maximum absolute atomic E-state index is 11.5. The zero-order chi connectivity index (χ0) is 15.7. The molecule has 1 heterocycles. The third kappa shape index (κ3) is 3.32. The average molecular weight is 296 g/mol. The second-order valence-corrected chi connectivity index (χ2v) is 6.20. The summed E-state index contributed by atoms with van der Waals surface area (Å²) in [6, 6.07) is 0. The topological polar surface area (TPSA) is 106 Å². The Bertz CT molecular complexity index is 543. The molecule has 2 N–H and O–H groups in total. The summed E-state index contributed by atoms with van der Waals surface area (Å²) < 4.78 is 6.48. The molecule has 1 aromatic rings. The van der Waals surface area contributed by atoms with Gasteiger partial charge in [-0.3, -0.25) is 0 Å². The fourth-order valence-electron chi connectivity index (χ4n) is 2.12. The van der Waals surface area contributed by atoms with Crippen LogP contribution in [0.2, 0.25) is 0 Å². The summed E-state index contributed by atoms with van der Waals surface area (Å²) in [5.74, 6) is -0.898. The molecule has 1 amide bonds. The van der Waals surface area contributed by atoms with Crippen molar-refractivity contribution in [2.75, 3.05) is 0 Å². The lowest BCUT2D eigenvalue weighted by molar-refractivity contribution is -0.153. The van der Waals surface area contributed by atoms with Crippen molar-refractivity contribution in [3.63, 3.8) is 0 Å². The van der Waals surface area contributed by atoms with E-state index >= 15 is 0 Å². The van der Waals surface area contributed by atoms with Crippen molar-refractivity contribution in [2.24, 2.45) is 0 Å². The van der Waals surface area contributed by atoms with Crippen LogP contribution in [0.15, 0.2) is 6.20 Å². The molecule has 0 saturated heterocycles. The van der Waals surface area contributed by atoms with Crippen molar-refractivity contribution in [3.8, 4) is 0 Å². The zero-order valence-corrected chi connectivity index (χ0v) is 12.4. The van der Waals surface area contributed by atoms with Gasteiger partial charge in [-0.2, -0.15) is 0 Å². The van der Waals surface area contributed by atoms with Crippen molar-refractivity contribution in [2.45, 2.75) is 57.7 Å². The molecule has 1 fully saturated rings. The molecule has 8 heteroatoms. The van der Waals surface area contributed by atoms with Gasteiger partial charge in [-0.1, -0.05) is 5.21 Å². The highest BCUT2D eigenvalue weighted by Crippen LogP contribution is 2.38. The van der Waals surface area contributed by atoms with Gasteiger partial charge in [0.25, 0.3) is 0 Å². The number of nitrogens with one attached hydrogen (secondary N) is 1. The number of amides is 1. The van der Waals surface area contributed by atoms with Crippen LogP contribution < -0.4 is 5.32 Å². The maximum Gasteiger partial charge on any atom is 0.407 e. The van der Waals surface area contributed by atoms with E-state index in [4.69, 9.17) is 4.74 Å². The summed E-state index contributed by atoms with van der Waals surface area (Å²) in [4.78, 5) is 22.9. The molecular weight excluding hydrogens is 276 g/mol. The van der Waals surface area contributed by atoms with Crippen LogP contribution in [0.3, 0.4) is 0 Å². The molecule has 0 aromatic carbocycles. The van der Waals surface area contributed by atoms with Crippen LogP contribution in [0.1, 0.15) is 45.7 Å². The van der Waals surface area contributed by atoms with E-state index in [1.807, 2.05) is 0 Å². The standard InChI is InChI=1S/C13H20N4O4/c1-12(2,3)21-11(20)14-7-9-8-17(16-15-9)13(10(18)19)5-4-6-13/h8H,4-7H2,1-3H3,(H,14,20)(H,18,19). The molecule has 0 aliphatic heterocycles. The molecule has 8 nitrogen and oxygen atoms in total. The SMILES string of the molecule is CC(C)(C)OC(=O)NCc1cn(C2(C(=O)O)CCC2)nn1. The van der Waals surface area contributed by atoms with E-state index in [9.17, 15) is 14.7 Å². The minimum Gasteiger partial charge on any atom is -0.479 e. The predicted molar refractivity (Wildman–Crippen MR) is 72.6 cm³/mol. The Hall–Kier alpha value is -2.12. The number of carboxylic acid groups (broad SMARTS) is 1. The zero-order valence-electron chi connectivity index (χ0n) is 12.4. The van der Waals surface area contributed by atoms with Crippen molar-refractivity contribution in [1.29, 1.82) is 0 Å². The summed E-state index contributed by atoms with van der Waals surface area (Å²) in [5.41, 5.74) is -1.05. The molecule has 116 valence electrons. The number of nitrogens with zero attached hydrogens (tertiary/aromatic N) is 3. The summed E-state index contributed by atoms with van der Waals surface area (Å²) in [6.45, 7) is 5.47. The number of aliphatic carboxylic acids is 1. The highest BCUT2D eigenvalue weighted by atomic mass is 16.6. The van der Waals surface area contributed by atoms with Crippen molar-refractivity contribution in [1.82, 2.24) is 20.3 Å². The van der Waals surface area contributed by atoms with Gasteiger partial charge in [0.2, 0.25) is 0 Å². The molecule has 0 spiro atoms. The molecule has 0 unspecified atom stereocenters. The number of ether oxygens (including phenoxy) is 1. The largest absolute Gasteiger partial charge is 0.479 e. The first-order chi connectivity index (χ1) is 9.73. The number of rotatable bonds is 4. The Labute approximate surface area is 122 Å². The molecule has 21 heavy (non-hydrogen) atoms. The molecule has 0 atom stereocenters. The third-order valence-electron chi connectivity index (χ3n) is 3.37. The monoisotopic (exact) mass is 296 g/mol. The van der Waals surface area contributed by atoms with E-state index in [-0.39, 0.29) is 6.54 Å². The molecule has 1 saturated carbocycles. The Morgan fingerprint density at radius 3 is 2.62 bits per heavy atom. The molecule has 1 aliphatic rings. The predicted octanol–water partition coefficient (Wildman–Crippen LogP) is 1.27. The summed E-state index contributed by atoms with van der Waals surface area (Å²) in [5, 5.41) is 19.6. The van der Waals surface area contributed by atoms with Crippen LogP contribution in [-0.2, 0) is 21.6 Å². The highest BCUT2D eigenvalue weighted by Gasteiger charge is 2.47. The molecule has 1 aliphatic carbocycles. The smallest absolute Gasteiger partial charge is 0.407 e. The van der Waals surface area contributed by atoms with Crippen molar-refractivity contribution < 1.29 is 19.4 Å². The lowest BCUT2D eigenvalue weighted by Gasteiger charge is -2.36. The number of carbonyl (C=O) groups excluding carboxylic acids is 1. The van der Waals surface area contributed by atoms with Gasteiger partial charge in [-0.05, 0) is 40.0 Å². The molecule has 0 radical (unpaired) electrons. The van der Waals surface area contributed by atoms with Gasteiger partial charge in [-0.15, -0.1) is 5.10 Å². The normalized spacial score (nSPS) is 16.9. The minimum atomic E-state index is -0.975. The Morgan fingerprint density at radius 2 is 2.14 bits per heavy atom. The quantitative estimate of drug-likeness (QED) is 0.866. The number of alkyl carbamates (subject to hydrolysis) is 1. The highest BCUT2D eigenvalue weighted by molar-refractivity contribution is 5.77. The van der Waals surface area contributed by atoms with E-state index < -0.39 is 23.2 Å². The van der Waals surface area contributed by atoms with E-state index in [1.165, 1.54) is 4.68 Å². The number of hydrogen-bond acceptors (Lipinski definition) is 5.